The first-order chi connectivity index (χ1) is 9.72. The fourth-order valence-corrected chi connectivity index (χ4v) is 2.67. The lowest BCUT2D eigenvalue weighted by atomic mass is 10.0. The summed E-state index contributed by atoms with van der Waals surface area (Å²) in [4.78, 5) is 18.7. The molecule has 0 atom stereocenters. The zero-order chi connectivity index (χ0) is 14.4. The molecular weight excluding hydrogens is 258 g/mol. The fourth-order valence-electron chi connectivity index (χ4n) is 2.67. The molecule has 1 aromatic rings. The van der Waals surface area contributed by atoms with E-state index in [1.54, 1.807) is 0 Å². The van der Waals surface area contributed by atoms with Crippen LogP contribution in [-0.4, -0.2) is 28.0 Å². The Bertz CT molecular complexity index is 460. The lowest BCUT2D eigenvalue weighted by Gasteiger charge is -2.11. The summed E-state index contributed by atoms with van der Waals surface area (Å²) >= 11 is 0. The average molecular weight is 279 g/mol. The second-order valence-electron chi connectivity index (χ2n) is 5.07. The molecule has 1 aliphatic rings. The molecule has 1 aliphatic carbocycles. The third-order valence-corrected chi connectivity index (χ3v) is 3.67. The molecule has 0 unspecified atom stereocenters. The summed E-state index contributed by atoms with van der Waals surface area (Å²) in [6.45, 7) is 3.17. The predicted octanol–water partition coefficient (Wildman–Crippen LogP) is 2.81. The highest BCUT2D eigenvalue weighted by Crippen LogP contribution is 2.30. The van der Waals surface area contributed by atoms with E-state index in [2.05, 4.69) is 20.6 Å². The van der Waals surface area contributed by atoms with Crippen LogP contribution in [0.4, 0.5) is 17.3 Å². The Kier molecular flexibility index (Phi) is 5.09. The van der Waals surface area contributed by atoms with Gasteiger partial charge in [-0.15, -0.1) is 0 Å². The monoisotopic (exact) mass is 279 g/mol. The summed E-state index contributed by atoms with van der Waals surface area (Å²) in [6.07, 6.45) is 7.55. The minimum absolute atomic E-state index is 0.0687. The Labute approximate surface area is 118 Å². The van der Waals surface area contributed by atoms with Crippen LogP contribution < -0.4 is 10.6 Å². The largest absolute Gasteiger partial charge is 0.364 e. The number of nitro groups is 1. The van der Waals surface area contributed by atoms with Crippen LogP contribution in [0.15, 0.2) is 6.33 Å². The van der Waals surface area contributed by atoms with Crippen molar-refractivity contribution in [2.45, 2.75) is 39.0 Å². The standard InChI is InChI=1S/C13H21N5O2/c1-2-14-12-11(18(19)20)13(17-9-16-12)15-8-7-10-5-3-4-6-10/h9-10H,2-8H2,1H3,(H2,14,15,16,17). The van der Waals surface area contributed by atoms with Crippen LogP contribution >= 0.6 is 0 Å². The number of nitrogens with one attached hydrogen (secondary N) is 2. The number of nitrogens with zero attached hydrogens (tertiary/aromatic N) is 3. The maximum atomic E-state index is 11.2. The minimum atomic E-state index is -0.435. The summed E-state index contributed by atoms with van der Waals surface area (Å²) in [5, 5.41) is 17.2. The van der Waals surface area contributed by atoms with E-state index in [1.807, 2.05) is 6.92 Å². The molecule has 20 heavy (non-hydrogen) atoms. The number of rotatable bonds is 7. The molecule has 0 amide bonds. The van der Waals surface area contributed by atoms with Gasteiger partial charge in [-0.2, -0.15) is 0 Å². The van der Waals surface area contributed by atoms with Crippen molar-refractivity contribution in [1.82, 2.24) is 9.97 Å². The number of anilines is 2. The van der Waals surface area contributed by atoms with Gasteiger partial charge in [0.25, 0.3) is 0 Å². The van der Waals surface area contributed by atoms with Gasteiger partial charge < -0.3 is 10.6 Å². The van der Waals surface area contributed by atoms with E-state index in [0.29, 0.717) is 18.9 Å². The molecule has 1 aromatic heterocycles. The van der Waals surface area contributed by atoms with Crippen LogP contribution in [0.25, 0.3) is 0 Å². The summed E-state index contributed by atoms with van der Waals surface area (Å²) in [6, 6.07) is 0. The van der Waals surface area contributed by atoms with E-state index >= 15 is 0 Å². The summed E-state index contributed by atoms with van der Waals surface area (Å²) in [5.41, 5.74) is -0.0687. The zero-order valence-electron chi connectivity index (χ0n) is 11.8. The summed E-state index contributed by atoms with van der Waals surface area (Å²) < 4.78 is 0. The molecule has 7 nitrogen and oxygen atoms in total. The highest BCUT2D eigenvalue weighted by atomic mass is 16.6. The third kappa shape index (κ3) is 3.55. The van der Waals surface area contributed by atoms with Crippen LogP contribution in [0, 0.1) is 16.0 Å². The molecule has 0 aromatic carbocycles. The molecule has 0 radical (unpaired) electrons. The third-order valence-electron chi connectivity index (χ3n) is 3.67. The van der Waals surface area contributed by atoms with Crippen molar-refractivity contribution in [1.29, 1.82) is 0 Å². The molecule has 0 spiro atoms. The highest BCUT2D eigenvalue weighted by Gasteiger charge is 2.22. The van der Waals surface area contributed by atoms with E-state index in [1.165, 1.54) is 32.0 Å². The second-order valence-corrected chi connectivity index (χ2v) is 5.07. The number of hydrogen-bond donors (Lipinski definition) is 2. The quantitative estimate of drug-likeness (QED) is 0.589. The van der Waals surface area contributed by atoms with Gasteiger partial charge in [-0.3, -0.25) is 10.1 Å². The van der Waals surface area contributed by atoms with Gasteiger partial charge in [-0.1, -0.05) is 25.7 Å². The van der Waals surface area contributed by atoms with Crippen molar-refractivity contribution < 1.29 is 4.92 Å². The van der Waals surface area contributed by atoms with Gasteiger partial charge in [-0.25, -0.2) is 9.97 Å². The van der Waals surface area contributed by atoms with Gasteiger partial charge in [0.05, 0.1) is 4.92 Å². The van der Waals surface area contributed by atoms with Crippen LogP contribution in [0.5, 0.6) is 0 Å². The van der Waals surface area contributed by atoms with Crippen LogP contribution in [0.2, 0.25) is 0 Å². The Hall–Kier alpha value is -1.92. The Morgan fingerprint density at radius 1 is 1.30 bits per heavy atom. The molecule has 0 saturated heterocycles. The van der Waals surface area contributed by atoms with Gasteiger partial charge in [0.1, 0.15) is 6.33 Å². The highest BCUT2D eigenvalue weighted by molar-refractivity contribution is 5.69. The molecule has 110 valence electrons. The van der Waals surface area contributed by atoms with E-state index in [0.717, 1.165) is 12.3 Å². The minimum Gasteiger partial charge on any atom is -0.364 e. The maximum absolute atomic E-state index is 11.2. The lowest BCUT2D eigenvalue weighted by Crippen LogP contribution is -2.12. The van der Waals surface area contributed by atoms with Crippen LogP contribution in [-0.2, 0) is 0 Å². The zero-order valence-corrected chi connectivity index (χ0v) is 11.8. The van der Waals surface area contributed by atoms with E-state index < -0.39 is 4.92 Å². The topological polar surface area (TPSA) is 93.0 Å². The molecule has 7 heteroatoms. The number of aromatic nitrogens is 2. The van der Waals surface area contributed by atoms with E-state index in [4.69, 9.17) is 0 Å². The van der Waals surface area contributed by atoms with Crippen LogP contribution in [0.1, 0.15) is 39.0 Å². The lowest BCUT2D eigenvalue weighted by molar-refractivity contribution is -0.383. The van der Waals surface area contributed by atoms with Crippen molar-refractivity contribution in [2.75, 3.05) is 23.7 Å². The SMILES string of the molecule is CCNc1ncnc(NCCC2CCCC2)c1[N+](=O)[O-]. The van der Waals surface area contributed by atoms with Gasteiger partial charge in [0, 0.05) is 13.1 Å². The molecule has 1 saturated carbocycles. The van der Waals surface area contributed by atoms with Crippen molar-refractivity contribution >= 4 is 17.3 Å². The van der Waals surface area contributed by atoms with Crippen LogP contribution in [0.3, 0.4) is 0 Å². The molecule has 1 heterocycles. The van der Waals surface area contributed by atoms with Gasteiger partial charge in [0.2, 0.25) is 11.6 Å². The Morgan fingerprint density at radius 3 is 2.55 bits per heavy atom. The summed E-state index contributed by atoms with van der Waals surface area (Å²) in [5.74, 6) is 1.33. The van der Waals surface area contributed by atoms with E-state index in [-0.39, 0.29) is 11.5 Å². The van der Waals surface area contributed by atoms with Gasteiger partial charge in [-0.05, 0) is 19.3 Å². The molecule has 2 rings (SSSR count). The average Bonchev–Trinajstić information content (AvgIpc) is 2.92. The predicted molar refractivity (Wildman–Crippen MR) is 77.9 cm³/mol. The molecule has 2 N–H and O–H groups in total. The van der Waals surface area contributed by atoms with Gasteiger partial charge >= 0.3 is 5.69 Å². The normalized spacial score (nSPS) is 15.2. The Morgan fingerprint density at radius 2 is 1.95 bits per heavy atom. The molecular formula is C13H21N5O2. The summed E-state index contributed by atoms with van der Waals surface area (Å²) in [7, 11) is 0. The molecule has 0 bridgehead atoms. The second kappa shape index (κ2) is 7.02. The van der Waals surface area contributed by atoms with Crippen molar-refractivity contribution in [2.24, 2.45) is 5.92 Å². The van der Waals surface area contributed by atoms with Gasteiger partial charge in [0.15, 0.2) is 0 Å². The molecule has 1 fully saturated rings. The fraction of sp³-hybridized carbons (Fsp3) is 0.692. The Balaban J connectivity index is 2.01. The number of hydrogen-bond acceptors (Lipinski definition) is 6. The maximum Gasteiger partial charge on any atom is 0.353 e. The molecule has 0 aliphatic heterocycles. The van der Waals surface area contributed by atoms with E-state index in [9.17, 15) is 10.1 Å². The first-order valence-electron chi connectivity index (χ1n) is 7.19. The van der Waals surface area contributed by atoms with Crippen molar-refractivity contribution in [3.8, 4) is 0 Å². The van der Waals surface area contributed by atoms with Crippen molar-refractivity contribution in [3.05, 3.63) is 16.4 Å². The first-order valence-corrected chi connectivity index (χ1v) is 7.19. The first kappa shape index (κ1) is 14.5. The smallest absolute Gasteiger partial charge is 0.353 e. The van der Waals surface area contributed by atoms with Crippen molar-refractivity contribution in [3.63, 3.8) is 0 Å².